The summed E-state index contributed by atoms with van der Waals surface area (Å²) in [6, 6.07) is 23.6. The number of rotatable bonds is 1. The number of fused-ring (bicyclic) bond motifs is 3. The Morgan fingerprint density at radius 1 is 0.636 bits per heavy atom. The summed E-state index contributed by atoms with van der Waals surface area (Å²) in [6.07, 6.45) is 0. The van der Waals surface area contributed by atoms with Crippen LogP contribution in [0.1, 0.15) is 11.1 Å². The Labute approximate surface area is 130 Å². The van der Waals surface area contributed by atoms with Crippen LogP contribution in [0.15, 0.2) is 66.7 Å². The highest BCUT2D eigenvalue weighted by Gasteiger charge is 2.09. The second-order valence-corrected chi connectivity index (χ2v) is 5.89. The van der Waals surface area contributed by atoms with Crippen molar-refractivity contribution < 1.29 is 0 Å². The summed E-state index contributed by atoms with van der Waals surface area (Å²) in [7, 11) is 0. The third-order valence-corrected chi connectivity index (χ3v) is 4.18. The van der Waals surface area contributed by atoms with E-state index in [1.165, 1.54) is 32.8 Å². The van der Waals surface area contributed by atoms with Gasteiger partial charge < -0.3 is 0 Å². The Hall–Kier alpha value is -2.67. The number of hydrogen-bond acceptors (Lipinski definition) is 1. The van der Waals surface area contributed by atoms with Gasteiger partial charge in [-0.3, -0.25) is 0 Å². The van der Waals surface area contributed by atoms with E-state index in [4.69, 9.17) is 4.98 Å². The quantitative estimate of drug-likeness (QED) is 0.410. The average Bonchev–Trinajstić information content (AvgIpc) is 2.54. The molecule has 0 saturated heterocycles. The molecule has 0 aliphatic rings. The van der Waals surface area contributed by atoms with Crippen LogP contribution in [0.25, 0.3) is 32.9 Å². The van der Waals surface area contributed by atoms with Crippen LogP contribution in [0.3, 0.4) is 0 Å². The first-order valence-electron chi connectivity index (χ1n) is 7.58. The van der Waals surface area contributed by atoms with Crippen LogP contribution < -0.4 is 0 Å². The smallest absolute Gasteiger partial charge is 0.0788 e. The normalized spacial score (nSPS) is 11.2. The molecule has 0 amide bonds. The summed E-state index contributed by atoms with van der Waals surface area (Å²) in [5, 5.41) is 3.70. The number of pyridine rings is 1. The molecular weight excluding hydrogens is 266 g/mol. The summed E-state index contributed by atoms with van der Waals surface area (Å²) in [4.78, 5) is 4.96. The fourth-order valence-corrected chi connectivity index (χ4v) is 3.00. The maximum atomic E-state index is 4.96. The van der Waals surface area contributed by atoms with Gasteiger partial charge in [0.15, 0.2) is 0 Å². The van der Waals surface area contributed by atoms with Crippen LogP contribution in [-0.4, -0.2) is 4.98 Å². The van der Waals surface area contributed by atoms with Crippen molar-refractivity contribution in [2.24, 2.45) is 0 Å². The lowest BCUT2D eigenvalue weighted by molar-refractivity contribution is 1.39. The van der Waals surface area contributed by atoms with Crippen LogP contribution >= 0.6 is 0 Å². The molecule has 0 N–H and O–H groups in total. The van der Waals surface area contributed by atoms with E-state index >= 15 is 0 Å². The second kappa shape index (κ2) is 4.96. The molecule has 3 aromatic carbocycles. The largest absolute Gasteiger partial charge is 0.247 e. The SMILES string of the molecule is Cc1ccc(-c2nc3cc(C)ccc3c3ccccc23)cc1. The first-order chi connectivity index (χ1) is 10.7. The lowest BCUT2D eigenvalue weighted by Crippen LogP contribution is -1.90. The standard InChI is InChI=1S/C21H17N/c1-14-7-10-16(11-8-14)21-19-6-4-3-5-17(19)18-12-9-15(2)13-20(18)22-21/h3-13H,1-2H3. The Bertz CT molecular complexity index is 982. The maximum absolute atomic E-state index is 4.96. The Balaban J connectivity index is 2.13. The number of aryl methyl sites for hydroxylation is 2. The molecule has 0 aliphatic heterocycles. The van der Waals surface area contributed by atoms with Crippen LogP contribution in [0, 0.1) is 13.8 Å². The van der Waals surface area contributed by atoms with E-state index < -0.39 is 0 Å². The Kier molecular flexibility index (Phi) is 2.93. The summed E-state index contributed by atoms with van der Waals surface area (Å²) in [5.74, 6) is 0. The summed E-state index contributed by atoms with van der Waals surface area (Å²) >= 11 is 0. The number of hydrogen-bond donors (Lipinski definition) is 0. The minimum atomic E-state index is 1.06. The zero-order valence-electron chi connectivity index (χ0n) is 12.8. The fraction of sp³-hybridized carbons (Fsp3) is 0.0952. The van der Waals surface area contributed by atoms with Gasteiger partial charge >= 0.3 is 0 Å². The van der Waals surface area contributed by atoms with E-state index in [1.807, 2.05) is 0 Å². The third-order valence-electron chi connectivity index (χ3n) is 4.18. The fourth-order valence-electron chi connectivity index (χ4n) is 3.00. The molecule has 1 nitrogen and oxygen atoms in total. The van der Waals surface area contributed by atoms with Gasteiger partial charge in [-0.25, -0.2) is 4.98 Å². The minimum absolute atomic E-state index is 1.06. The predicted octanol–water partition coefficient (Wildman–Crippen LogP) is 5.67. The van der Waals surface area contributed by atoms with Crippen LogP contribution in [0.2, 0.25) is 0 Å². The van der Waals surface area contributed by atoms with E-state index in [9.17, 15) is 0 Å². The molecule has 106 valence electrons. The first kappa shape index (κ1) is 13.0. The molecular formula is C21H17N. The average molecular weight is 283 g/mol. The monoisotopic (exact) mass is 283 g/mol. The van der Waals surface area contributed by atoms with Crippen LogP contribution in [0.4, 0.5) is 0 Å². The summed E-state index contributed by atoms with van der Waals surface area (Å²) in [5.41, 5.74) is 5.81. The lowest BCUT2D eigenvalue weighted by atomic mass is 9.99. The highest BCUT2D eigenvalue weighted by molar-refractivity contribution is 6.10. The third kappa shape index (κ3) is 2.06. The van der Waals surface area contributed by atoms with Gasteiger partial charge in [-0.05, 0) is 30.9 Å². The maximum Gasteiger partial charge on any atom is 0.0788 e. The molecule has 0 spiro atoms. The van der Waals surface area contributed by atoms with Crippen molar-refractivity contribution in [3.63, 3.8) is 0 Å². The number of benzene rings is 3. The van der Waals surface area contributed by atoms with Gasteiger partial charge in [0.2, 0.25) is 0 Å². The van der Waals surface area contributed by atoms with Gasteiger partial charge in [0.25, 0.3) is 0 Å². The zero-order chi connectivity index (χ0) is 15.1. The van der Waals surface area contributed by atoms with Gasteiger partial charge in [0.1, 0.15) is 0 Å². The number of aromatic nitrogens is 1. The van der Waals surface area contributed by atoms with Crippen LogP contribution in [0.5, 0.6) is 0 Å². The van der Waals surface area contributed by atoms with E-state index in [1.54, 1.807) is 0 Å². The highest BCUT2D eigenvalue weighted by atomic mass is 14.7. The topological polar surface area (TPSA) is 12.9 Å². The molecule has 0 unspecified atom stereocenters. The predicted molar refractivity (Wildman–Crippen MR) is 94.2 cm³/mol. The van der Waals surface area contributed by atoms with Crippen molar-refractivity contribution in [3.8, 4) is 11.3 Å². The van der Waals surface area contributed by atoms with Gasteiger partial charge in [-0.1, -0.05) is 66.2 Å². The van der Waals surface area contributed by atoms with Crippen molar-refractivity contribution >= 4 is 21.7 Å². The molecule has 4 aromatic rings. The zero-order valence-corrected chi connectivity index (χ0v) is 12.8. The van der Waals surface area contributed by atoms with Gasteiger partial charge in [-0.2, -0.15) is 0 Å². The van der Waals surface area contributed by atoms with E-state index in [0.717, 1.165) is 11.2 Å². The molecule has 0 saturated carbocycles. The molecule has 1 aromatic heterocycles. The molecule has 0 bridgehead atoms. The van der Waals surface area contributed by atoms with Crippen molar-refractivity contribution in [1.82, 2.24) is 4.98 Å². The lowest BCUT2D eigenvalue weighted by Gasteiger charge is -2.10. The summed E-state index contributed by atoms with van der Waals surface area (Å²) < 4.78 is 0. The molecule has 0 radical (unpaired) electrons. The van der Waals surface area contributed by atoms with Gasteiger partial charge in [-0.15, -0.1) is 0 Å². The van der Waals surface area contributed by atoms with Crippen molar-refractivity contribution in [1.29, 1.82) is 0 Å². The molecule has 1 heterocycles. The molecule has 0 aliphatic carbocycles. The van der Waals surface area contributed by atoms with Gasteiger partial charge in [0.05, 0.1) is 11.2 Å². The van der Waals surface area contributed by atoms with E-state index in [0.29, 0.717) is 0 Å². The highest BCUT2D eigenvalue weighted by Crippen LogP contribution is 2.32. The first-order valence-corrected chi connectivity index (χ1v) is 7.58. The Morgan fingerprint density at radius 3 is 2.09 bits per heavy atom. The minimum Gasteiger partial charge on any atom is -0.247 e. The van der Waals surface area contributed by atoms with Crippen molar-refractivity contribution in [2.45, 2.75) is 13.8 Å². The molecule has 0 fully saturated rings. The van der Waals surface area contributed by atoms with Crippen LogP contribution in [-0.2, 0) is 0 Å². The molecule has 22 heavy (non-hydrogen) atoms. The van der Waals surface area contributed by atoms with Crippen molar-refractivity contribution in [3.05, 3.63) is 77.9 Å². The second-order valence-electron chi connectivity index (χ2n) is 5.89. The summed E-state index contributed by atoms with van der Waals surface area (Å²) in [6.45, 7) is 4.22. The number of nitrogens with zero attached hydrogens (tertiary/aromatic N) is 1. The van der Waals surface area contributed by atoms with Gasteiger partial charge in [0, 0.05) is 16.3 Å². The molecule has 0 atom stereocenters. The van der Waals surface area contributed by atoms with E-state index in [-0.39, 0.29) is 0 Å². The van der Waals surface area contributed by atoms with E-state index in [2.05, 4.69) is 80.6 Å². The molecule has 1 heteroatoms. The molecule has 4 rings (SSSR count). The Morgan fingerprint density at radius 2 is 1.32 bits per heavy atom. The van der Waals surface area contributed by atoms with Crippen molar-refractivity contribution in [2.75, 3.05) is 0 Å².